The molecule has 0 aliphatic carbocycles. The molecule has 10 nitrogen and oxygen atoms in total. The number of non-ortho nitro benzene ring substituents is 1. The van der Waals surface area contributed by atoms with E-state index in [4.69, 9.17) is 4.42 Å². The van der Waals surface area contributed by atoms with Crippen LogP contribution in [0.25, 0.3) is 11.1 Å². The van der Waals surface area contributed by atoms with Crippen molar-refractivity contribution in [3.05, 3.63) is 38.9 Å². The molecule has 1 N–H and O–H groups in total. The van der Waals surface area contributed by atoms with Crippen LogP contribution in [0.4, 0.5) is 5.69 Å². The molecule has 0 saturated carbocycles. The van der Waals surface area contributed by atoms with Gasteiger partial charge in [0, 0.05) is 31.3 Å². The molecule has 2 heterocycles. The number of nitrogens with zero attached hydrogens (tertiary/aromatic N) is 3. The summed E-state index contributed by atoms with van der Waals surface area (Å²) in [6, 6.07) is 3.52. The van der Waals surface area contributed by atoms with E-state index in [2.05, 4.69) is 19.2 Å². The molecule has 0 bridgehead atoms. The molecule has 1 unspecified atom stereocenters. The van der Waals surface area contributed by atoms with Gasteiger partial charge in [-0.25, -0.2) is 4.79 Å². The number of aryl methyl sites for hydroxylation is 1. The Bertz CT molecular complexity index is 1030. The van der Waals surface area contributed by atoms with E-state index >= 15 is 0 Å². The highest BCUT2D eigenvalue weighted by atomic mass is 32.2. The number of nitro groups is 1. The Labute approximate surface area is 183 Å². The summed E-state index contributed by atoms with van der Waals surface area (Å²) in [5, 5.41) is 13.8. The number of hydrogen-bond donors (Lipinski definition) is 1. The molecule has 168 valence electrons. The standard InChI is InChI=1S/C20H26N4O6S/c1-13(2)7-8-21-19(26)16-11-31-12-23(16)18(25)4-3-9-22-15-6-5-14(24(28)29)10-17(15)30-20(22)27/h5-6,10,13,16H,3-4,7-9,11-12H2,1-2H3,(H,21,26). The maximum Gasteiger partial charge on any atom is 0.419 e. The van der Waals surface area contributed by atoms with Crippen molar-refractivity contribution < 1.29 is 18.9 Å². The van der Waals surface area contributed by atoms with Gasteiger partial charge in [-0.3, -0.25) is 24.3 Å². The fourth-order valence-electron chi connectivity index (χ4n) is 3.42. The number of benzene rings is 1. The van der Waals surface area contributed by atoms with Crippen molar-refractivity contribution in [3.63, 3.8) is 0 Å². The van der Waals surface area contributed by atoms with Crippen LogP contribution in [0.3, 0.4) is 0 Å². The molecule has 1 aromatic carbocycles. The Morgan fingerprint density at radius 1 is 1.39 bits per heavy atom. The number of oxazole rings is 1. The number of nitro benzene ring substituents is 1. The fraction of sp³-hybridized carbons (Fsp3) is 0.550. The lowest BCUT2D eigenvalue weighted by Crippen LogP contribution is -2.47. The summed E-state index contributed by atoms with van der Waals surface area (Å²) in [6.07, 6.45) is 1.45. The largest absolute Gasteiger partial charge is 0.419 e. The SMILES string of the molecule is CC(C)CCNC(=O)C1CSCN1C(=O)CCCn1c(=O)oc2cc([N+](=O)[O-])ccc21. The first kappa shape index (κ1) is 22.9. The second-order valence-corrected chi connectivity index (χ2v) is 8.88. The average Bonchev–Trinajstić information content (AvgIpc) is 3.32. The third-order valence-corrected chi connectivity index (χ3v) is 6.17. The van der Waals surface area contributed by atoms with E-state index in [9.17, 15) is 24.5 Å². The Kier molecular flexibility index (Phi) is 7.37. The van der Waals surface area contributed by atoms with Crippen LogP contribution in [0.2, 0.25) is 0 Å². The highest BCUT2D eigenvalue weighted by molar-refractivity contribution is 7.99. The van der Waals surface area contributed by atoms with Crippen molar-refractivity contribution in [2.45, 2.75) is 45.7 Å². The molecule has 2 aromatic rings. The number of hydrogen-bond acceptors (Lipinski definition) is 7. The van der Waals surface area contributed by atoms with Gasteiger partial charge in [-0.15, -0.1) is 11.8 Å². The van der Waals surface area contributed by atoms with E-state index in [1.54, 1.807) is 16.7 Å². The van der Waals surface area contributed by atoms with Crippen molar-refractivity contribution in [1.29, 1.82) is 0 Å². The summed E-state index contributed by atoms with van der Waals surface area (Å²) in [5.41, 5.74) is 0.426. The van der Waals surface area contributed by atoms with Gasteiger partial charge in [0.2, 0.25) is 11.8 Å². The molecule has 0 radical (unpaired) electrons. The van der Waals surface area contributed by atoms with Crippen molar-refractivity contribution in [2.75, 3.05) is 18.2 Å². The second-order valence-electron chi connectivity index (χ2n) is 7.89. The molecule has 31 heavy (non-hydrogen) atoms. The lowest BCUT2D eigenvalue weighted by molar-refractivity contribution is -0.384. The monoisotopic (exact) mass is 450 g/mol. The zero-order valence-corrected chi connectivity index (χ0v) is 18.4. The van der Waals surface area contributed by atoms with Gasteiger partial charge in [0.1, 0.15) is 6.04 Å². The van der Waals surface area contributed by atoms with Gasteiger partial charge >= 0.3 is 5.76 Å². The second kappa shape index (κ2) is 9.99. The molecule has 1 aliphatic rings. The van der Waals surface area contributed by atoms with E-state index in [1.807, 2.05) is 0 Å². The molecule has 1 fully saturated rings. The Balaban J connectivity index is 1.57. The smallest absolute Gasteiger partial charge is 0.407 e. The molecule has 1 atom stereocenters. The van der Waals surface area contributed by atoms with Gasteiger partial charge in [-0.2, -0.15) is 0 Å². The maximum absolute atomic E-state index is 12.7. The molecule has 1 saturated heterocycles. The minimum Gasteiger partial charge on any atom is -0.407 e. The zero-order valence-electron chi connectivity index (χ0n) is 17.5. The quantitative estimate of drug-likeness (QED) is 0.459. The van der Waals surface area contributed by atoms with E-state index in [0.29, 0.717) is 36.0 Å². The predicted molar refractivity (Wildman–Crippen MR) is 117 cm³/mol. The molecule has 0 spiro atoms. The van der Waals surface area contributed by atoms with Gasteiger partial charge in [0.05, 0.1) is 22.4 Å². The Hall–Kier alpha value is -2.82. The predicted octanol–water partition coefficient (Wildman–Crippen LogP) is 2.35. The highest BCUT2D eigenvalue weighted by Crippen LogP contribution is 2.23. The molecule has 1 aromatic heterocycles. The number of rotatable bonds is 9. The Morgan fingerprint density at radius 3 is 2.87 bits per heavy atom. The minimum absolute atomic E-state index is 0.127. The molecule has 1 aliphatic heterocycles. The first-order valence-electron chi connectivity index (χ1n) is 10.2. The van der Waals surface area contributed by atoms with Crippen LogP contribution in [0.15, 0.2) is 27.4 Å². The number of amides is 2. The van der Waals surface area contributed by atoms with Gasteiger partial charge in [-0.1, -0.05) is 13.8 Å². The fourth-order valence-corrected chi connectivity index (χ4v) is 4.60. The number of carbonyl (C=O) groups excluding carboxylic acids is 2. The van der Waals surface area contributed by atoms with Crippen LogP contribution >= 0.6 is 11.8 Å². The normalized spacial score (nSPS) is 16.2. The summed E-state index contributed by atoms with van der Waals surface area (Å²) in [7, 11) is 0. The van der Waals surface area contributed by atoms with Crippen LogP contribution in [0, 0.1) is 16.0 Å². The van der Waals surface area contributed by atoms with Gasteiger partial charge in [0.15, 0.2) is 5.58 Å². The van der Waals surface area contributed by atoms with Crippen LogP contribution in [0.1, 0.15) is 33.1 Å². The summed E-state index contributed by atoms with van der Waals surface area (Å²) < 4.78 is 6.46. The molecular formula is C20H26N4O6S. The lowest BCUT2D eigenvalue weighted by atomic mass is 10.1. The van der Waals surface area contributed by atoms with E-state index in [1.165, 1.54) is 22.8 Å². The number of nitrogens with one attached hydrogen (secondary N) is 1. The molecule has 2 amide bonds. The third-order valence-electron chi connectivity index (χ3n) is 5.16. The van der Waals surface area contributed by atoms with Crippen LogP contribution in [-0.4, -0.2) is 50.4 Å². The van der Waals surface area contributed by atoms with E-state index < -0.39 is 16.7 Å². The molecular weight excluding hydrogens is 424 g/mol. The number of thioether (sulfide) groups is 1. The number of fused-ring (bicyclic) bond motifs is 1. The Morgan fingerprint density at radius 2 is 2.16 bits per heavy atom. The highest BCUT2D eigenvalue weighted by Gasteiger charge is 2.34. The molecule has 3 rings (SSSR count). The van der Waals surface area contributed by atoms with Gasteiger partial charge in [0.25, 0.3) is 5.69 Å². The topological polar surface area (TPSA) is 128 Å². The van der Waals surface area contributed by atoms with Crippen LogP contribution < -0.4 is 11.1 Å². The van der Waals surface area contributed by atoms with Crippen molar-refractivity contribution in [2.24, 2.45) is 5.92 Å². The summed E-state index contributed by atoms with van der Waals surface area (Å²) in [4.78, 5) is 49.2. The number of aromatic nitrogens is 1. The first-order valence-corrected chi connectivity index (χ1v) is 11.4. The summed E-state index contributed by atoms with van der Waals surface area (Å²) >= 11 is 1.54. The first-order chi connectivity index (χ1) is 14.8. The van der Waals surface area contributed by atoms with Crippen LogP contribution in [0.5, 0.6) is 0 Å². The average molecular weight is 451 g/mol. The van der Waals surface area contributed by atoms with Gasteiger partial charge in [-0.05, 0) is 24.8 Å². The van der Waals surface area contributed by atoms with E-state index in [-0.39, 0.29) is 36.1 Å². The van der Waals surface area contributed by atoms with Crippen molar-refractivity contribution in [1.82, 2.24) is 14.8 Å². The lowest BCUT2D eigenvalue weighted by Gasteiger charge is -2.23. The summed E-state index contributed by atoms with van der Waals surface area (Å²) in [5.74, 6) is 0.651. The van der Waals surface area contributed by atoms with Crippen LogP contribution in [-0.2, 0) is 16.1 Å². The maximum atomic E-state index is 12.7. The van der Waals surface area contributed by atoms with E-state index in [0.717, 1.165) is 6.42 Å². The summed E-state index contributed by atoms with van der Waals surface area (Å²) in [6.45, 7) is 5.00. The van der Waals surface area contributed by atoms with Gasteiger partial charge < -0.3 is 14.6 Å². The molecule has 11 heteroatoms. The van der Waals surface area contributed by atoms with Crippen molar-refractivity contribution in [3.8, 4) is 0 Å². The number of carbonyl (C=O) groups is 2. The zero-order chi connectivity index (χ0) is 22.5. The third kappa shape index (κ3) is 5.46. The minimum atomic E-state index is -0.623. The van der Waals surface area contributed by atoms with Crippen molar-refractivity contribution >= 4 is 40.4 Å².